The average molecular weight is 299 g/mol. The van der Waals surface area contributed by atoms with Crippen molar-refractivity contribution in [3.8, 4) is 5.75 Å². The van der Waals surface area contributed by atoms with Gasteiger partial charge in [0.1, 0.15) is 5.75 Å². The number of hydrogen-bond acceptors (Lipinski definition) is 4. The molecular formula is C16H17N3O3. The van der Waals surface area contributed by atoms with E-state index in [4.69, 9.17) is 0 Å². The molecule has 2 aromatic carbocycles. The Labute approximate surface area is 128 Å². The first-order valence-corrected chi connectivity index (χ1v) is 6.64. The maximum atomic E-state index is 11.9. The highest BCUT2D eigenvalue weighted by atomic mass is 16.3. The average Bonchev–Trinajstić information content (AvgIpc) is 2.47. The number of amides is 2. The van der Waals surface area contributed by atoms with Crippen LogP contribution in [0.4, 0.5) is 17.1 Å². The van der Waals surface area contributed by atoms with E-state index >= 15 is 0 Å². The molecule has 6 heteroatoms. The van der Waals surface area contributed by atoms with Crippen LogP contribution >= 0.6 is 0 Å². The van der Waals surface area contributed by atoms with Crippen LogP contribution in [0, 0.1) is 0 Å². The SMILES string of the molecule is CN(C)c1cccc(NC(=O)C(=O)Nc2cccc(O)c2)c1. The van der Waals surface area contributed by atoms with Crippen LogP contribution in [0.1, 0.15) is 0 Å². The second-order valence-corrected chi connectivity index (χ2v) is 4.90. The van der Waals surface area contributed by atoms with Crippen LogP contribution in [0.3, 0.4) is 0 Å². The van der Waals surface area contributed by atoms with Crippen LogP contribution in [0.15, 0.2) is 48.5 Å². The molecule has 0 aliphatic carbocycles. The first kappa shape index (κ1) is 15.4. The number of aromatic hydroxyl groups is 1. The Morgan fingerprint density at radius 3 is 2.00 bits per heavy atom. The second-order valence-electron chi connectivity index (χ2n) is 4.90. The molecule has 0 bridgehead atoms. The molecule has 0 aliphatic heterocycles. The van der Waals surface area contributed by atoms with Gasteiger partial charge in [0, 0.05) is 37.2 Å². The number of nitrogens with zero attached hydrogens (tertiary/aromatic N) is 1. The molecule has 114 valence electrons. The molecule has 0 aromatic heterocycles. The lowest BCUT2D eigenvalue weighted by molar-refractivity contribution is -0.132. The number of carbonyl (C=O) groups is 2. The molecule has 6 nitrogen and oxygen atoms in total. The lowest BCUT2D eigenvalue weighted by Crippen LogP contribution is -2.29. The van der Waals surface area contributed by atoms with E-state index in [1.54, 1.807) is 30.3 Å². The fourth-order valence-corrected chi connectivity index (χ4v) is 1.82. The van der Waals surface area contributed by atoms with Crippen molar-refractivity contribution in [3.63, 3.8) is 0 Å². The lowest BCUT2D eigenvalue weighted by atomic mass is 10.2. The van der Waals surface area contributed by atoms with Crippen LogP contribution in [0.2, 0.25) is 0 Å². The minimum Gasteiger partial charge on any atom is -0.508 e. The minimum absolute atomic E-state index is 0.0110. The molecule has 3 N–H and O–H groups in total. The fraction of sp³-hybridized carbons (Fsp3) is 0.125. The zero-order chi connectivity index (χ0) is 16.1. The summed E-state index contributed by atoms with van der Waals surface area (Å²) in [7, 11) is 3.77. The van der Waals surface area contributed by atoms with Crippen molar-refractivity contribution in [1.29, 1.82) is 0 Å². The van der Waals surface area contributed by atoms with Crippen LogP contribution in [0.25, 0.3) is 0 Å². The summed E-state index contributed by atoms with van der Waals surface area (Å²) >= 11 is 0. The molecule has 0 unspecified atom stereocenters. The first-order valence-electron chi connectivity index (χ1n) is 6.64. The maximum Gasteiger partial charge on any atom is 0.314 e. The zero-order valence-corrected chi connectivity index (χ0v) is 12.3. The highest BCUT2D eigenvalue weighted by molar-refractivity contribution is 6.43. The summed E-state index contributed by atoms with van der Waals surface area (Å²) in [6, 6.07) is 13.1. The van der Waals surface area contributed by atoms with Gasteiger partial charge in [0.05, 0.1) is 0 Å². The van der Waals surface area contributed by atoms with E-state index in [0.29, 0.717) is 11.4 Å². The van der Waals surface area contributed by atoms with Gasteiger partial charge in [-0.1, -0.05) is 12.1 Å². The van der Waals surface area contributed by atoms with Gasteiger partial charge in [0.25, 0.3) is 0 Å². The van der Waals surface area contributed by atoms with Crippen molar-refractivity contribution in [2.75, 3.05) is 29.6 Å². The molecule has 0 saturated heterocycles. The Hall–Kier alpha value is -3.02. The summed E-state index contributed by atoms with van der Waals surface area (Å²) in [6.07, 6.45) is 0. The topological polar surface area (TPSA) is 81.7 Å². The van der Waals surface area contributed by atoms with Crippen molar-refractivity contribution in [2.45, 2.75) is 0 Å². The van der Waals surface area contributed by atoms with Gasteiger partial charge in [-0.25, -0.2) is 0 Å². The van der Waals surface area contributed by atoms with Gasteiger partial charge in [-0.05, 0) is 30.3 Å². The van der Waals surface area contributed by atoms with E-state index in [9.17, 15) is 14.7 Å². The second kappa shape index (κ2) is 6.62. The largest absolute Gasteiger partial charge is 0.508 e. The van der Waals surface area contributed by atoms with E-state index in [2.05, 4.69) is 10.6 Å². The monoisotopic (exact) mass is 299 g/mol. The van der Waals surface area contributed by atoms with Crippen LogP contribution in [-0.4, -0.2) is 31.0 Å². The predicted molar refractivity (Wildman–Crippen MR) is 86.1 cm³/mol. The molecule has 2 aromatic rings. The molecule has 0 atom stereocenters. The highest BCUT2D eigenvalue weighted by Crippen LogP contribution is 2.18. The van der Waals surface area contributed by atoms with Crippen molar-refractivity contribution in [1.82, 2.24) is 0 Å². The van der Waals surface area contributed by atoms with Gasteiger partial charge in [0.2, 0.25) is 0 Å². The first-order chi connectivity index (χ1) is 10.5. The number of hydrogen-bond donors (Lipinski definition) is 3. The third kappa shape index (κ3) is 3.99. The van der Waals surface area contributed by atoms with E-state index in [1.165, 1.54) is 12.1 Å². The molecular weight excluding hydrogens is 282 g/mol. The van der Waals surface area contributed by atoms with Gasteiger partial charge in [-0.3, -0.25) is 9.59 Å². The van der Waals surface area contributed by atoms with Crippen LogP contribution in [-0.2, 0) is 9.59 Å². The summed E-state index contributed by atoms with van der Waals surface area (Å²) in [6.45, 7) is 0. The molecule has 0 aliphatic rings. The highest BCUT2D eigenvalue weighted by Gasteiger charge is 2.14. The summed E-state index contributed by atoms with van der Waals surface area (Å²) in [4.78, 5) is 25.6. The molecule has 0 heterocycles. The Balaban J connectivity index is 2.02. The Bertz CT molecular complexity index is 699. The van der Waals surface area contributed by atoms with Gasteiger partial charge in [-0.15, -0.1) is 0 Å². The summed E-state index contributed by atoms with van der Waals surface area (Å²) < 4.78 is 0. The molecule has 2 amide bonds. The number of nitrogens with one attached hydrogen (secondary N) is 2. The van der Waals surface area contributed by atoms with Crippen molar-refractivity contribution in [2.24, 2.45) is 0 Å². The van der Waals surface area contributed by atoms with Crippen LogP contribution in [0.5, 0.6) is 5.75 Å². The van der Waals surface area contributed by atoms with Crippen molar-refractivity contribution in [3.05, 3.63) is 48.5 Å². The van der Waals surface area contributed by atoms with Crippen molar-refractivity contribution >= 4 is 28.9 Å². The number of phenols is 1. The van der Waals surface area contributed by atoms with E-state index in [-0.39, 0.29) is 5.75 Å². The Morgan fingerprint density at radius 1 is 0.909 bits per heavy atom. The zero-order valence-electron chi connectivity index (χ0n) is 12.3. The Kier molecular flexibility index (Phi) is 4.63. The van der Waals surface area contributed by atoms with Gasteiger partial charge < -0.3 is 20.6 Å². The third-order valence-electron chi connectivity index (χ3n) is 2.93. The standard InChI is InChI=1S/C16H17N3O3/c1-19(2)13-7-3-5-11(9-13)17-15(21)16(22)18-12-6-4-8-14(20)10-12/h3-10,20H,1-2H3,(H,17,21)(H,18,22). The Morgan fingerprint density at radius 2 is 1.45 bits per heavy atom. The maximum absolute atomic E-state index is 11.9. The molecule has 22 heavy (non-hydrogen) atoms. The van der Waals surface area contributed by atoms with Crippen molar-refractivity contribution < 1.29 is 14.7 Å². The number of anilines is 3. The molecule has 2 rings (SSSR count). The van der Waals surface area contributed by atoms with Gasteiger partial charge in [0.15, 0.2) is 0 Å². The van der Waals surface area contributed by atoms with Gasteiger partial charge >= 0.3 is 11.8 Å². The molecule has 0 radical (unpaired) electrons. The lowest BCUT2D eigenvalue weighted by Gasteiger charge is -2.14. The van der Waals surface area contributed by atoms with Crippen LogP contribution < -0.4 is 15.5 Å². The van der Waals surface area contributed by atoms with Gasteiger partial charge in [-0.2, -0.15) is 0 Å². The van der Waals surface area contributed by atoms with E-state index < -0.39 is 11.8 Å². The smallest absolute Gasteiger partial charge is 0.314 e. The van der Waals surface area contributed by atoms with E-state index in [1.807, 2.05) is 25.1 Å². The summed E-state index contributed by atoms with van der Waals surface area (Å²) in [5.41, 5.74) is 1.79. The quantitative estimate of drug-likeness (QED) is 0.758. The summed E-state index contributed by atoms with van der Waals surface area (Å²) in [5.74, 6) is -1.57. The van der Waals surface area contributed by atoms with E-state index in [0.717, 1.165) is 5.69 Å². The normalized spacial score (nSPS) is 9.91. The molecule has 0 spiro atoms. The fourth-order valence-electron chi connectivity index (χ4n) is 1.82. The predicted octanol–water partition coefficient (Wildman–Crippen LogP) is 2.04. The number of phenolic OH excluding ortho intramolecular Hbond substituents is 1. The minimum atomic E-state index is -0.805. The summed E-state index contributed by atoms with van der Waals surface area (Å²) in [5, 5.41) is 14.3. The molecule has 0 fully saturated rings. The number of rotatable bonds is 3. The number of benzene rings is 2. The molecule has 0 saturated carbocycles. The number of carbonyl (C=O) groups excluding carboxylic acids is 2. The third-order valence-corrected chi connectivity index (χ3v) is 2.93.